The van der Waals surface area contributed by atoms with Crippen LogP contribution in [0, 0.1) is 11.8 Å². The third-order valence-electron chi connectivity index (χ3n) is 20.9. The molecule has 0 aliphatic carbocycles. The molecule has 5 aromatic carbocycles. The molecule has 1 fully saturated rings. The van der Waals surface area contributed by atoms with Gasteiger partial charge in [0.05, 0.1) is 31.8 Å². The molecule has 11 atom stereocenters. The van der Waals surface area contributed by atoms with Gasteiger partial charge in [0.15, 0.2) is 0 Å². The molecule has 2 heterocycles. The lowest BCUT2D eigenvalue weighted by atomic mass is 9.98. The van der Waals surface area contributed by atoms with Crippen LogP contribution in [0.4, 0.5) is 0 Å². The summed E-state index contributed by atoms with van der Waals surface area (Å²) in [5.74, 6) is -17.3. The molecule has 662 valence electrons. The van der Waals surface area contributed by atoms with Crippen LogP contribution >= 0.6 is 11.8 Å². The van der Waals surface area contributed by atoms with Crippen LogP contribution in [0.5, 0.6) is 11.5 Å². The van der Waals surface area contributed by atoms with Gasteiger partial charge >= 0.3 is 5.97 Å². The lowest BCUT2D eigenvalue weighted by Gasteiger charge is -2.36. The fourth-order valence-electron chi connectivity index (χ4n) is 14.1. The number of para-hydroxylation sites is 1. The number of nitrogens with two attached hydrogens (primary N) is 1. The maximum absolute atomic E-state index is 15.4. The van der Waals surface area contributed by atoms with E-state index in [-0.39, 0.29) is 68.1 Å². The second-order valence-electron chi connectivity index (χ2n) is 31.5. The minimum atomic E-state index is -1.90. The Morgan fingerprint density at radius 3 is 1.53 bits per heavy atom. The number of benzene rings is 5. The van der Waals surface area contributed by atoms with E-state index in [1.54, 1.807) is 119 Å². The van der Waals surface area contributed by atoms with Crippen molar-refractivity contribution in [1.82, 2.24) is 77.3 Å². The van der Waals surface area contributed by atoms with Crippen molar-refractivity contribution in [2.75, 3.05) is 66.4 Å². The summed E-state index contributed by atoms with van der Waals surface area (Å²) in [6, 6.07) is 18.8. The van der Waals surface area contributed by atoms with Gasteiger partial charge in [0.2, 0.25) is 88.6 Å². The number of phenolic OH excluding ortho intramolecular Hbond substituents is 2. The third kappa shape index (κ3) is 29.5. The molecule has 0 saturated carbocycles. The summed E-state index contributed by atoms with van der Waals surface area (Å²) < 4.78 is 0. The number of fused-ring (bicyclic) bond motifs is 1. The number of aromatic hydroxyl groups is 2. The van der Waals surface area contributed by atoms with E-state index in [2.05, 4.69) is 52.8 Å². The normalized spacial score (nSPS) is 22.4. The average molecular weight is 1720 g/mol. The van der Waals surface area contributed by atoms with Gasteiger partial charge in [-0.1, -0.05) is 151 Å². The van der Waals surface area contributed by atoms with Crippen LogP contribution < -0.4 is 53.6 Å². The zero-order valence-electron chi connectivity index (χ0n) is 71.0. The van der Waals surface area contributed by atoms with Crippen LogP contribution in [0.1, 0.15) is 101 Å². The molecule has 7 rings (SSSR count). The SMILES string of the molecule is CCCC[C@H]1C(=O)N(C)CC(=O)N[C@@H](CC(=O)O)C(=O)N[C@@H](C(C)C)C(=O)N(C)[C@@H](Cc2ccccc2)C(=O)N[C@@H](Cc2ccc(O)cc2)C(=O)N(C)CC(=O)N[C@@H](Cc2c[nH]c3ccccc23)C(=O)N[C@@H](Cc2ccc(O)cc2)C(=O)N[C@@H](CC(C)C)C(=O)N[C@H](C(=O)NCC(N)=O)CSCC(=O)N[C@@H](C)C(=O)N(C)[C@@H](Cc2ccccc2)C(=O)N1C. The molecule has 35 nitrogen and oxygen atoms in total. The molecule has 15 N–H and O–H groups in total. The van der Waals surface area contributed by atoms with Crippen LogP contribution in [-0.2, 0) is 109 Å². The van der Waals surface area contributed by atoms with Gasteiger partial charge in [-0.25, -0.2) is 0 Å². The van der Waals surface area contributed by atoms with Gasteiger partial charge in [-0.2, -0.15) is 0 Å². The molecule has 6 aromatic rings. The van der Waals surface area contributed by atoms with Crippen molar-refractivity contribution >= 4 is 117 Å². The van der Waals surface area contributed by atoms with Crippen molar-refractivity contribution in [3.8, 4) is 11.5 Å². The first-order chi connectivity index (χ1) is 58.3. The van der Waals surface area contributed by atoms with Crippen molar-refractivity contribution < 1.29 is 92.0 Å². The Hall–Kier alpha value is -12.9. The van der Waals surface area contributed by atoms with E-state index in [1.165, 1.54) is 90.7 Å². The van der Waals surface area contributed by atoms with E-state index in [1.807, 2.05) is 6.92 Å². The van der Waals surface area contributed by atoms with Crippen LogP contribution in [0.25, 0.3) is 10.9 Å². The fraction of sp³-hybridized carbons (Fsp3) is 0.448. The van der Waals surface area contributed by atoms with E-state index >= 15 is 28.8 Å². The molecular formula is C87H114N16O19S. The third-order valence-corrected chi connectivity index (χ3v) is 21.9. The second-order valence-corrected chi connectivity index (χ2v) is 32.6. The smallest absolute Gasteiger partial charge is 0.305 e. The Labute approximate surface area is 718 Å². The predicted octanol–water partition coefficient (Wildman–Crippen LogP) is 1.10. The summed E-state index contributed by atoms with van der Waals surface area (Å²) >= 11 is 0.823. The highest BCUT2D eigenvalue weighted by molar-refractivity contribution is 8.00. The van der Waals surface area contributed by atoms with Crippen molar-refractivity contribution in [2.45, 2.75) is 172 Å². The highest BCUT2D eigenvalue weighted by Gasteiger charge is 2.42. The van der Waals surface area contributed by atoms with Gasteiger partial charge in [0.25, 0.3) is 0 Å². The van der Waals surface area contributed by atoms with Crippen LogP contribution in [0.15, 0.2) is 140 Å². The number of primary amides is 1. The molecule has 123 heavy (non-hydrogen) atoms. The number of H-pyrrole nitrogens is 1. The fourth-order valence-corrected chi connectivity index (χ4v) is 14.9. The van der Waals surface area contributed by atoms with Gasteiger partial charge in [-0.3, -0.25) is 76.7 Å². The lowest BCUT2D eigenvalue weighted by molar-refractivity contribution is -0.151. The van der Waals surface area contributed by atoms with E-state index in [9.17, 15) is 63.3 Å². The summed E-state index contributed by atoms with van der Waals surface area (Å²) in [5.41, 5.74) is 8.49. The lowest BCUT2D eigenvalue weighted by Crippen LogP contribution is -2.61. The first-order valence-electron chi connectivity index (χ1n) is 40.6. The number of amides is 15. The van der Waals surface area contributed by atoms with Gasteiger partial charge in [0.1, 0.15) is 78.0 Å². The number of carbonyl (C=O) groups is 16. The average Bonchev–Trinajstić information content (AvgIpc) is 1.81. The zero-order valence-corrected chi connectivity index (χ0v) is 71.8. The highest BCUT2D eigenvalue weighted by atomic mass is 32.2. The number of nitrogens with zero attached hydrogens (tertiary/aromatic N) is 5. The van der Waals surface area contributed by atoms with E-state index < -0.39 is 199 Å². The number of unbranched alkanes of at least 4 members (excludes halogenated alkanes) is 1. The molecule has 0 bridgehead atoms. The monoisotopic (exact) mass is 1720 g/mol. The molecule has 1 aromatic heterocycles. The molecule has 36 heteroatoms. The highest BCUT2D eigenvalue weighted by Crippen LogP contribution is 2.24. The molecule has 0 radical (unpaired) electrons. The Morgan fingerprint density at radius 1 is 0.496 bits per heavy atom. The number of aliphatic carboxylic acids is 1. The number of thioether (sulfide) groups is 1. The molecule has 1 saturated heterocycles. The van der Waals surface area contributed by atoms with Gasteiger partial charge in [-0.15, -0.1) is 11.8 Å². The minimum absolute atomic E-state index is 0.0436. The maximum Gasteiger partial charge on any atom is 0.305 e. The predicted molar refractivity (Wildman–Crippen MR) is 458 cm³/mol. The van der Waals surface area contributed by atoms with E-state index in [0.29, 0.717) is 51.6 Å². The molecule has 0 unspecified atom stereocenters. The van der Waals surface area contributed by atoms with E-state index in [0.717, 1.165) is 36.3 Å². The summed E-state index contributed by atoms with van der Waals surface area (Å²) in [7, 11) is 6.48. The van der Waals surface area contributed by atoms with Crippen LogP contribution in [0.3, 0.4) is 0 Å². The number of aromatic amines is 1. The first-order valence-corrected chi connectivity index (χ1v) is 41.7. The molecular weight excluding hydrogens is 1610 g/mol. The number of carbonyl (C=O) groups excluding carboxylic acids is 15. The number of phenols is 2. The Bertz CT molecular complexity index is 4710. The van der Waals surface area contributed by atoms with Crippen molar-refractivity contribution in [3.05, 3.63) is 167 Å². The summed E-state index contributed by atoms with van der Waals surface area (Å²) in [6.45, 7) is 7.55. The Morgan fingerprint density at radius 2 is 0.976 bits per heavy atom. The number of carboxylic acids is 1. The molecule has 0 spiro atoms. The van der Waals surface area contributed by atoms with Crippen molar-refractivity contribution in [2.24, 2.45) is 17.6 Å². The number of rotatable bonds is 21. The molecule has 1 aliphatic heterocycles. The number of nitrogens with one attached hydrogen (secondary N) is 10. The Kier molecular flexibility index (Phi) is 37.0. The number of hydrogen-bond donors (Lipinski definition) is 14. The second kappa shape index (κ2) is 46.8. The van der Waals surface area contributed by atoms with Gasteiger partial charge < -0.3 is 98.4 Å². The topological polar surface area (TPSA) is 500 Å². The van der Waals surface area contributed by atoms with Crippen molar-refractivity contribution in [3.63, 3.8) is 0 Å². The zero-order chi connectivity index (χ0) is 90.5. The summed E-state index contributed by atoms with van der Waals surface area (Å²) in [4.78, 5) is 240. The number of carboxylic acid groups (broad SMARTS) is 1. The maximum atomic E-state index is 15.4. The number of likely N-dealkylation sites (N-methyl/N-ethyl adjacent to an activating group) is 5. The first kappa shape index (κ1) is 97.2. The number of hydrogen-bond acceptors (Lipinski definition) is 19. The molecule has 1 aliphatic rings. The van der Waals surface area contributed by atoms with E-state index in [4.69, 9.17) is 5.73 Å². The standard InChI is InChI=1S/C87H114N16O19S/c1-12-13-28-68-85(120)100(8)47-73(108)93-65(43-75(110)111)81(116)98-76(51(4)5)87(122)102(10)69(40-53-22-16-14-17-23-53)82(117)96-66(39-56-31-35-59(105)36-32-56)84(119)99(7)46-72(107)92-64(42-57-44-89-61-27-21-20-26-60(57)61)80(115)95-63(38-55-29-33-58(104)34-30-55)79(114)94-62(37-50(2)3)78(113)97-67(77(112)90-45-71(88)106)48-123-49-74(109)91-52(6)83(118)103(11)70(86(121)101(68)9)41-54-24-18-15-19-25-54/h14-27,29-36,44,50-52,62-70,76,89,104-105H,12-13,28,37-43,45-49H2,1-11H3,(H2,88,106)(H,90,112)(H,91,109)(H,92,107)(H,93,108)(H,94,114)(H,95,115)(H,96,117)(H,97,113)(H,98,116)(H,110,111)/t52-,62-,63-,64-,65-,66-,67-,68-,69-,70-,76-/m0/s1. The largest absolute Gasteiger partial charge is 0.508 e. The van der Waals surface area contributed by atoms with Gasteiger partial charge in [-0.05, 0) is 89.8 Å². The summed E-state index contributed by atoms with van der Waals surface area (Å²) in [6.07, 6.45) is 0.310. The number of aromatic nitrogens is 1. The quantitative estimate of drug-likeness (QED) is 0.0480. The van der Waals surface area contributed by atoms with Crippen molar-refractivity contribution in [1.29, 1.82) is 0 Å². The minimum Gasteiger partial charge on any atom is -0.508 e. The Balaban J connectivity index is 1.31. The van der Waals surface area contributed by atoms with Gasteiger partial charge in [0, 0.05) is 90.2 Å². The van der Waals surface area contributed by atoms with Crippen LogP contribution in [-0.4, -0.2) is 272 Å². The van der Waals surface area contributed by atoms with Crippen LogP contribution in [0.2, 0.25) is 0 Å². The molecule has 15 amide bonds. The summed E-state index contributed by atoms with van der Waals surface area (Å²) in [5, 5.41) is 55.1.